The molecule has 2 aliphatic rings. The van der Waals surface area contributed by atoms with Crippen LogP contribution in [0.4, 0.5) is 4.39 Å². The van der Waals surface area contributed by atoms with Gasteiger partial charge in [0.25, 0.3) is 0 Å². The first kappa shape index (κ1) is 33.6. The number of esters is 1. The minimum atomic E-state index is -4.43. The van der Waals surface area contributed by atoms with E-state index in [9.17, 15) is 19.3 Å². The van der Waals surface area contributed by atoms with Crippen molar-refractivity contribution in [3.8, 4) is 16.9 Å². The molecule has 4 rings (SSSR count). The Labute approximate surface area is 256 Å². The molecule has 0 aromatic heterocycles. The van der Waals surface area contributed by atoms with Crippen LogP contribution < -0.4 is 14.9 Å². The first-order valence-corrected chi connectivity index (χ1v) is 15.7. The smallest absolute Gasteiger partial charge is 0.459 e. The summed E-state index contributed by atoms with van der Waals surface area (Å²) in [6, 6.07) is 14.9. The van der Waals surface area contributed by atoms with Crippen molar-refractivity contribution in [2.75, 3.05) is 13.7 Å². The summed E-state index contributed by atoms with van der Waals surface area (Å²) < 4.78 is 58.6. The molecular formula is C30H39FN3O9P. The Morgan fingerprint density at radius 2 is 1.82 bits per heavy atom. The fourth-order valence-corrected chi connectivity index (χ4v) is 6.37. The normalized spacial score (nSPS) is 28.8. The van der Waals surface area contributed by atoms with Gasteiger partial charge in [-0.25, -0.2) is 8.96 Å². The number of nitrogens with zero attached hydrogens (tertiary/aromatic N) is 1. The van der Waals surface area contributed by atoms with E-state index in [2.05, 4.69) is 10.4 Å². The number of aliphatic hydroxyl groups is 1. The van der Waals surface area contributed by atoms with Crippen LogP contribution in [0.5, 0.6) is 5.75 Å². The molecule has 1 amide bonds. The number of benzene rings is 2. The van der Waals surface area contributed by atoms with Crippen LogP contribution in [-0.2, 0) is 32.9 Å². The number of amides is 1. The van der Waals surface area contributed by atoms with E-state index in [4.69, 9.17) is 23.3 Å². The zero-order valence-corrected chi connectivity index (χ0v) is 26.3. The fraction of sp³-hybridized carbons (Fsp3) is 0.467. The van der Waals surface area contributed by atoms with E-state index in [-0.39, 0.29) is 5.75 Å². The lowest BCUT2D eigenvalue weighted by Gasteiger charge is -2.46. The minimum Gasteiger partial charge on any atom is -0.462 e. The molecule has 3 unspecified atom stereocenters. The average molecular weight is 636 g/mol. The van der Waals surface area contributed by atoms with Gasteiger partial charge in [0, 0.05) is 31.9 Å². The van der Waals surface area contributed by atoms with Crippen LogP contribution in [0.1, 0.15) is 34.6 Å². The lowest BCUT2D eigenvalue weighted by molar-refractivity contribution is -0.213. The third-order valence-corrected chi connectivity index (χ3v) is 8.89. The highest BCUT2D eigenvalue weighted by atomic mass is 31.2. The molecule has 2 heterocycles. The van der Waals surface area contributed by atoms with Gasteiger partial charge >= 0.3 is 13.7 Å². The first-order chi connectivity index (χ1) is 20.7. The summed E-state index contributed by atoms with van der Waals surface area (Å²) >= 11 is 0. The van der Waals surface area contributed by atoms with E-state index < -0.39 is 68.3 Å². The van der Waals surface area contributed by atoms with Crippen molar-refractivity contribution in [1.82, 2.24) is 15.3 Å². The van der Waals surface area contributed by atoms with Crippen LogP contribution in [0.15, 0.2) is 66.9 Å². The number of carbonyl (C=O) groups is 2. The van der Waals surface area contributed by atoms with Gasteiger partial charge in [0.05, 0.1) is 12.7 Å². The van der Waals surface area contributed by atoms with Crippen molar-refractivity contribution in [2.45, 2.75) is 76.7 Å². The summed E-state index contributed by atoms with van der Waals surface area (Å²) in [5, 5.41) is 16.2. The summed E-state index contributed by atoms with van der Waals surface area (Å²) in [6.45, 7) is 6.82. The van der Waals surface area contributed by atoms with E-state index in [0.717, 1.165) is 12.5 Å². The van der Waals surface area contributed by atoms with Crippen LogP contribution in [0.25, 0.3) is 11.1 Å². The molecule has 7 atom stereocenters. The van der Waals surface area contributed by atoms with Crippen molar-refractivity contribution in [2.24, 2.45) is 0 Å². The number of carbonyl (C=O) groups excluding carboxylic acids is 2. The number of hydrogen-bond donors (Lipinski definition) is 3. The molecule has 14 heteroatoms. The molecular weight excluding hydrogens is 596 g/mol. The Balaban J connectivity index is 1.60. The van der Waals surface area contributed by atoms with Gasteiger partial charge in [-0.05, 0) is 39.3 Å². The van der Waals surface area contributed by atoms with Gasteiger partial charge in [-0.1, -0.05) is 48.5 Å². The van der Waals surface area contributed by atoms with Crippen molar-refractivity contribution in [3.63, 3.8) is 0 Å². The molecule has 0 saturated carbocycles. The number of rotatable bonds is 12. The van der Waals surface area contributed by atoms with Gasteiger partial charge in [0.15, 0.2) is 11.9 Å². The molecule has 3 N–H and O–H groups in total. The van der Waals surface area contributed by atoms with E-state index in [1.54, 1.807) is 38.1 Å². The quantitative estimate of drug-likeness (QED) is 0.231. The zero-order chi connectivity index (χ0) is 32.3. The molecule has 1 saturated heterocycles. The number of alkyl halides is 1. The van der Waals surface area contributed by atoms with Gasteiger partial charge in [-0.3, -0.25) is 14.1 Å². The molecule has 2 aromatic carbocycles. The predicted octanol–water partition coefficient (Wildman–Crippen LogP) is 3.87. The molecule has 44 heavy (non-hydrogen) atoms. The summed E-state index contributed by atoms with van der Waals surface area (Å²) in [6.07, 6.45) is -2.50. The topological polar surface area (TPSA) is 145 Å². The van der Waals surface area contributed by atoms with Gasteiger partial charge in [-0.2, -0.15) is 5.09 Å². The summed E-state index contributed by atoms with van der Waals surface area (Å²) in [7, 11) is -3.10. The largest absolute Gasteiger partial charge is 0.462 e. The van der Waals surface area contributed by atoms with E-state index in [1.807, 2.05) is 30.3 Å². The predicted molar refractivity (Wildman–Crippen MR) is 159 cm³/mol. The van der Waals surface area contributed by atoms with E-state index >= 15 is 4.39 Å². The fourth-order valence-electron chi connectivity index (χ4n) is 4.85. The Morgan fingerprint density at radius 3 is 2.48 bits per heavy atom. The lowest BCUT2D eigenvalue weighted by Crippen LogP contribution is -2.66. The molecule has 2 aromatic rings. The molecule has 240 valence electrons. The monoisotopic (exact) mass is 635 g/mol. The number of aliphatic hydroxyl groups excluding tert-OH is 1. The van der Waals surface area contributed by atoms with Crippen LogP contribution >= 0.6 is 7.75 Å². The van der Waals surface area contributed by atoms with Gasteiger partial charge in [0.2, 0.25) is 11.8 Å². The maximum Gasteiger partial charge on any atom is 0.459 e. The summed E-state index contributed by atoms with van der Waals surface area (Å²) in [5.41, 5.74) is -1.02. The standard InChI is InChI=1S/C30H39FN3O9P/c1-19(2)41-27(37)20(3)33-44(38,43-23-15-11-10-14-22(23)21-12-8-7-9-13-21)40-18-24-26(36)29(4,31)28(42-24)34-17-16-25(35)32-30(34,5)39-6/h7-17,19-20,24,26,28,36H,18H2,1-6H3,(H,32,35)(H,33,38)/t20?,24-,26-,28-,29-,30?,44?/m1/s1. The van der Waals surface area contributed by atoms with Crippen LogP contribution in [0, 0.1) is 0 Å². The highest BCUT2D eigenvalue weighted by molar-refractivity contribution is 7.52. The van der Waals surface area contributed by atoms with Crippen LogP contribution in [0.3, 0.4) is 0 Å². The first-order valence-electron chi connectivity index (χ1n) is 14.1. The molecule has 0 radical (unpaired) electrons. The van der Waals surface area contributed by atoms with Gasteiger partial charge in [0.1, 0.15) is 24.0 Å². The van der Waals surface area contributed by atoms with Crippen molar-refractivity contribution in [1.29, 1.82) is 0 Å². The van der Waals surface area contributed by atoms with Crippen molar-refractivity contribution < 1.29 is 46.9 Å². The molecule has 0 aliphatic carbocycles. The molecule has 2 aliphatic heterocycles. The number of nitrogens with one attached hydrogen (secondary N) is 2. The van der Waals surface area contributed by atoms with E-state index in [1.165, 1.54) is 38.1 Å². The Hall–Kier alpha value is -3.32. The summed E-state index contributed by atoms with van der Waals surface area (Å²) in [4.78, 5) is 25.9. The molecule has 0 bridgehead atoms. The van der Waals surface area contributed by atoms with Gasteiger partial charge < -0.3 is 34.1 Å². The zero-order valence-electron chi connectivity index (χ0n) is 25.4. The lowest BCUT2D eigenvalue weighted by atomic mass is 9.97. The minimum absolute atomic E-state index is 0.185. The maximum atomic E-state index is 16.1. The van der Waals surface area contributed by atoms with Crippen LogP contribution in [0.2, 0.25) is 0 Å². The Kier molecular flexibility index (Phi) is 10.2. The average Bonchev–Trinajstić information content (AvgIpc) is 3.20. The molecule has 1 fully saturated rings. The third-order valence-electron chi connectivity index (χ3n) is 7.26. The summed E-state index contributed by atoms with van der Waals surface area (Å²) in [5.74, 6) is -2.47. The highest BCUT2D eigenvalue weighted by Gasteiger charge is 2.59. The second-order valence-corrected chi connectivity index (χ2v) is 12.8. The maximum absolute atomic E-state index is 16.1. The number of halogens is 1. The van der Waals surface area contributed by atoms with Crippen molar-refractivity contribution in [3.05, 3.63) is 66.9 Å². The highest BCUT2D eigenvalue weighted by Crippen LogP contribution is 2.49. The third kappa shape index (κ3) is 7.31. The number of para-hydroxylation sites is 1. The number of hydrogen-bond acceptors (Lipinski definition) is 10. The Bertz CT molecular complexity index is 1410. The van der Waals surface area contributed by atoms with Crippen molar-refractivity contribution >= 4 is 19.6 Å². The second kappa shape index (κ2) is 13.4. The number of methoxy groups -OCH3 is 1. The van der Waals surface area contributed by atoms with E-state index in [0.29, 0.717) is 5.56 Å². The SMILES string of the molecule is COC1(C)NC(=O)C=CN1[C@@H]1O[C@H](COP(=O)(NC(C)C(=O)OC(C)C)Oc2ccccc2-c2ccccc2)[C@@H](O)[C@@]1(C)F. The van der Waals surface area contributed by atoms with Crippen LogP contribution in [-0.4, -0.2) is 77.7 Å². The molecule has 12 nitrogen and oxygen atoms in total. The van der Waals surface area contributed by atoms with Gasteiger partial charge in [-0.15, -0.1) is 0 Å². The Morgan fingerprint density at radius 1 is 1.16 bits per heavy atom. The number of ether oxygens (including phenoxy) is 3. The second-order valence-electron chi connectivity index (χ2n) is 11.1. The molecule has 0 spiro atoms.